The molecule has 0 rings (SSSR count). The maximum Gasteiger partial charge on any atom is 0.317 e. The Morgan fingerprint density at radius 1 is 1.00 bits per heavy atom. The van der Waals surface area contributed by atoms with Crippen LogP contribution in [-0.4, -0.2) is 29.7 Å². The van der Waals surface area contributed by atoms with Gasteiger partial charge in [0.05, 0.1) is 12.2 Å². The minimum Gasteiger partial charge on any atom is -0.283 e. The summed E-state index contributed by atoms with van der Waals surface area (Å²) in [5.74, 6) is 0. The Morgan fingerprint density at radius 2 is 1.53 bits per heavy atom. The molecule has 0 heterocycles. The third-order valence-corrected chi connectivity index (χ3v) is 2.44. The second-order valence-electron chi connectivity index (χ2n) is 4.58. The lowest BCUT2D eigenvalue weighted by atomic mass is 10.2. The van der Waals surface area contributed by atoms with Gasteiger partial charge in [-0.15, -0.1) is 3.63 Å². The number of unbranched alkanes of at least 4 members (excludes halogenated alkanes) is 3. The smallest absolute Gasteiger partial charge is 0.283 e. The Kier molecular flexibility index (Phi) is 14.8. The Balaban J connectivity index is 0. The summed E-state index contributed by atoms with van der Waals surface area (Å²) in [6.45, 7) is 8.88. The molecule has 0 atom stereocenters. The molecule has 0 fully saturated rings. The van der Waals surface area contributed by atoms with Crippen molar-refractivity contribution in [3.63, 3.8) is 0 Å². The van der Waals surface area contributed by atoms with Crippen LogP contribution in [0.15, 0.2) is 0 Å². The van der Waals surface area contributed by atoms with Crippen LogP contribution in [0.3, 0.4) is 0 Å². The molecule has 19 heavy (non-hydrogen) atoms. The van der Waals surface area contributed by atoms with E-state index in [0.29, 0.717) is 0 Å². The zero-order chi connectivity index (χ0) is 15.3. The van der Waals surface area contributed by atoms with Gasteiger partial charge in [-0.2, -0.15) is 8.42 Å². The number of hydrogen-bond acceptors (Lipinski definition) is 5. The van der Waals surface area contributed by atoms with E-state index in [4.69, 9.17) is 18.9 Å². The highest BCUT2D eigenvalue weighted by Crippen LogP contribution is 2.08. The lowest BCUT2D eigenvalue weighted by Crippen LogP contribution is -2.19. The molecule has 0 saturated heterocycles. The van der Waals surface area contributed by atoms with E-state index in [9.17, 15) is 8.42 Å². The Hall–Kier alpha value is 0.1000. The second-order valence-corrected chi connectivity index (χ2v) is 5.99. The van der Waals surface area contributed by atoms with Crippen molar-refractivity contribution in [1.82, 2.24) is 0 Å². The van der Waals surface area contributed by atoms with Crippen molar-refractivity contribution in [2.45, 2.75) is 59.0 Å². The predicted molar refractivity (Wildman–Crippen MR) is 73.6 cm³/mol. The van der Waals surface area contributed by atoms with Crippen molar-refractivity contribution in [3.8, 4) is 0 Å². The lowest BCUT2D eigenvalue weighted by Gasteiger charge is -2.17. The standard InChI is InChI=1S/C10H22O2.H2O5S2/c1-5-6-7-8-9-11-12-10(2,3)4;1-6(2)5-7(3)4/h5-9H2,1-4H3;(H,1,2)(H,3,4). The maximum atomic E-state index is 9.35. The quantitative estimate of drug-likeness (QED) is 0.307. The van der Waals surface area contributed by atoms with Crippen molar-refractivity contribution in [2.24, 2.45) is 0 Å². The van der Waals surface area contributed by atoms with Crippen LogP contribution in [0.2, 0.25) is 0 Å². The van der Waals surface area contributed by atoms with Crippen LogP contribution in [0, 0.1) is 0 Å². The van der Waals surface area contributed by atoms with Gasteiger partial charge in [0.2, 0.25) is 0 Å². The topological polar surface area (TPSA) is 102 Å². The summed E-state index contributed by atoms with van der Waals surface area (Å²) < 4.78 is 37.2. The van der Waals surface area contributed by atoms with Crippen LogP contribution in [0.5, 0.6) is 0 Å². The zero-order valence-electron chi connectivity index (χ0n) is 11.8. The van der Waals surface area contributed by atoms with Gasteiger partial charge in [-0.1, -0.05) is 26.2 Å². The van der Waals surface area contributed by atoms with E-state index in [1.54, 1.807) is 0 Å². The first-order chi connectivity index (χ1) is 8.69. The lowest BCUT2D eigenvalue weighted by molar-refractivity contribution is -0.348. The first-order valence-electron chi connectivity index (χ1n) is 5.90. The van der Waals surface area contributed by atoms with Crippen molar-refractivity contribution in [1.29, 1.82) is 0 Å². The molecular formula is C10H24O7S2. The second kappa shape index (κ2) is 13.1. The fourth-order valence-electron chi connectivity index (χ4n) is 0.856. The van der Waals surface area contributed by atoms with Crippen molar-refractivity contribution in [3.05, 3.63) is 0 Å². The van der Waals surface area contributed by atoms with Gasteiger partial charge in [0.15, 0.2) is 0 Å². The summed E-state index contributed by atoms with van der Waals surface area (Å²) in [6.07, 6.45) is 4.90. The third-order valence-electron chi connectivity index (χ3n) is 1.51. The molecule has 0 amide bonds. The molecule has 0 aliphatic rings. The van der Waals surface area contributed by atoms with Gasteiger partial charge in [0, 0.05) is 0 Å². The monoisotopic (exact) mass is 320 g/mol. The molecule has 0 aliphatic carbocycles. The summed E-state index contributed by atoms with van der Waals surface area (Å²) in [5, 5.41) is 0. The Morgan fingerprint density at radius 3 is 1.84 bits per heavy atom. The fourth-order valence-corrected chi connectivity index (χ4v) is 1.25. The van der Waals surface area contributed by atoms with Crippen LogP contribution in [0.1, 0.15) is 53.4 Å². The summed E-state index contributed by atoms with van der Waals surface area (Å²) in [6, 6.07) is 0. The average Bonchev–Trinajstić information content (AvgIpc) is 2.20. The first kappa shape index (κ1) is 21.4. The highest BCUT2D eigenvalue weighted by Gasteiger charge is 2.10. The molecule has 0 aromatic carbocycles. The van der Waals surface area contributed by atoms with E-state index in [1.807, 2.05) is 20.8 Å². The van der Waals surface area contributed by atoms with E-state index >= 15 is 0 Å². The van der Waals surface area contributed by atoms with Gasteiger partial charge in [-0.25, -0.2) is 9.78 Å². The van der Waals surface area contributed by atoms with Crippen LogP contribution < -0.4 is 0 Å². The van der Waals surface area contributed by atoms with Gasteiger partial charge < -0.3 is 0 Å². The summed E-state index contributed by atoms with van der Waals surface area (Å²) in [7, 11) is 0. The molecule has 0 bridgehead atoms. The molecule has 0 aromatic heterocycles. The Bertz CT molecular complexity index is 241. The largest absolute Gasteiger partial charge is 0.317 e. The molecule has 0 aromatic rings. The van der Waals surface area contributed by atoms with E-state index in [2.05, 4.69) is 10.6 Å². The van der Waals surface area contributed by atoms with Gasteiger partial charge in [0.1, 0.15) is 0 Å². The molecule has 2 N–H and O–H groups in total. The predicted octanol–water partition coefficient (Wildman–Crippen LogP) is 2.59. The molecule has 0 spiro atoms. The maximum absolute atomic E-state index is 9.35. The van der Waals surface area contributed by atoms with Crippen molar-refractivity contribution in [2.75, 3.05) is 6.61 Å². The third kappa shape index (κ3) is 27.3. The number of hydrogen-bond donors (Lipinski definition) is 2. The van der Waals surface area contributed by atoms with E-state index < -0.39 is 22.7 Å². The molecule has 0 radical (unpaired) electrons. The molecule has 118 valence electrons. The van der Waals surface area contributed by atoms with Crippen molar-refractivity contribution >= 4 is 22.7 Å². The highest BCUT2D eigenvalue weighted by atomic mass is 32.3. The van der Waals surface area contributed by atoms with Gasteiger partial charge in [-0.05, 0) is 27.2 Å². The number of rotatable bonds is 8. The van der Waals surface area contributed by atoms with E-state index in [-0.39, 0.29) is 5.60 Å². The minimum atomic E-state index is -2.65. The molecule has 9 heteroatoms. The SMILES string of the molecule is CCCCCCOOC(C)(C)C.O=S(O)OS(=O)O. The Labute approximate surface area is 119 Å². The van der Waals surface area contributed by atoms with Crippen LogP contribution >= 0.6 is 0 Å². The summed E-state index contributed by atoms with van der Waals surface area (Å²) >= 11 is -5.29. The molecule has 0 unspecified atom stereocenters. The van der Waals surface area contributed by atoms with E-state index in [1.165, 1.54) is 19.3 Å². The minimum absolute atomic E-state index is 0.176. The molecule has 0 saturated carbocycles. The normalized spacial score (nSPS) is 14.4. The highest BCUT2D eigenvalue weighted by molar-refractivity contribution is 7.87. The zero-order valence-corrected chi connectivity index (χ0v) is 13.4. The van der Waals surface area contributed by atoms with Crippen LogP contribution in [0.25, 0.3) is 0 Å². The van der Waals surface area contributed by atoms with Crippen LogP contribution in [-0.2, 0) is 36.1 Å². The van der Waals surface area contributed by atoms with Gasteiger partial charge in [0.25, 0.3) is 0 Å². The molecule has 0 aliphatic heterocycles. The summed E-state index contributed by atoms with van der Waals surface area (Å²) in [5.41, 5.74) is -0.176. The molecular weight excluding hydrogens is 296 g/mol. The molecule has 7 nitrogen and oxygen atoms in total. The van der Waals surface area contributed by atoms with Crippen molar-refractivity contribution < 1.29 is 30.9 Å². The van der Waals surface area contributed by atoms with Gasteiger partial charge in [-0.3, -0.25) is 9.11 Å². The van der Waals surface area contributed by atoms with E-state index in [0.717, 1.165) is 13.0 Å². The van der Waals surface area contributed by atoms with Crippen LogP contribution in [0.4, 0.5) is 0 Å². The fraction of sp³-hybridized carbons (Fsp3) is 1.00. The first-order valence-corrected chi connectivity index (χ1v) is 7.96. The van der Waals surface area contributed by atoms with Gasteiger partial charge >= 0.3 is 22.7 Å². The average molecular weight is 320 g/mol. The summed E-state index contributed by atoms with van der Waals surface area (Å²) in [4.78, 5) is 10.2.